The van der Waals surface area contributed by atoms with E-state index in [1.165, 1.54) is 38.6 Å². The van der Waals surface area contributed by atoms with E-state index < -0.39 is 0 Å². The molecule has 0 spiro atoms. The molecule has 0 aromatic heterocycles. The van der Waals surface area contributed by atoms with Crippen molar-refractivity contribution in [2.75, 3.05) is 20.2 Å². The third kappa shape index (κ3) is 2.44. The van der Waals surface area contributed by atoms with Crippen LogP contribution in [-0.2, 0) is 11.8 Å². The average Bonchev–Trinajstić information content (AvgIpc) is 2.47. The van der Waals surface area contributed by atoms with Crippen LogP contribution in [0.25, 0.3) is 0 Å². The van der Waals surface area contributed by atoms with Gasteiger partial charge in [-0.3, -0.25) is 0 Å². The summed E-state index contributed by atoms with van der Waals surface area (Å²) in [7, 11) is 1.77. The van der Waals surface area contributed by atoms with Gasteiger partial charge in [0.1, 0.15) is 5.75 Å². The highest BCUT2D eigenvalue weighted by Gasteiger charge is 2.44. The molecule has 20 heavy (non-hydrogen) atoms. The normalized spacial score (nSPS) is 28.0. The molecular weight excluding hydrogens is 270 g/mol. The lowest BCUT2D eigenvalue weighted by Gasteiger charge is -2.49. The number of nitrogens with one attached hydrogen (secondary N) is 1. The second-order valence-corrected chi connectivity index (χ2v) is 6.12. The molecule has 1 saturated heterocycles. The Morgan fingerprint density at radius 2 is 2.25 bits per heavy atom. The zero-order valence-corrected chi connectivity index (χ0v) is 13.4. The summed E-state index contributed by atoms with van der Waals surface area (Å²) in [6.07, 6.45) is 6.45. The Morgan fingerprint density at radius 3 is 3.00 bits per heavy atom. The standard InChI is InChI=1S/C17H25NO.ClH/c1-3-8-17-9-10-18-12-14(17)6-4-13-5-7-15(19-2)11-16(13)17;/h5,7,11,14,18H,3-4,6,8-10,12H2,1-2H3;1H/t14-,17+;/m1./s1. The first-order valence-electron chi connectivity index (χ1n) is 7.68. The Bertz CT molecular complexity index is 458. The molecule has 0 radical (unpaired) electrons. The van der Waals surface area contributed by atoms with Gasteiger partial charge in [0.15, 0.2) is 0 Å². The molecule has 112 valence electrons. The van der Waals surface area contributed by atoms with E-state index in [0.29, 0.717) is 5.41 Å². The first-order valence-corrected chi connectivity index (χ1v) is 7.68. The fourth-order valence-corrected chi connectivity index (χ4v) is 4.32. The van der Waals surface area contributed by atoms with Crippen LogP contribution >= 0.6 is 12.4 Å². The van der Waals surface area contributed by atoms with Crippen LogP contribution in [0.15, 0.2) is 18.2 Å². The lowest BCUT2D eigenvalue weighted by atomic mass is 9.58. The van der Waals surface area contributed by atoms with Crippen LogP contribution in [0.3, 0.4) is 0 Å². The number of benzene rings is 1. The number of ether oxygens (including phenoxy) is 1. The van der Waals surface area contributed by atoms with Crippen LogP contribution in [0.4, 0.5) is 0 Å². The number of halogens is 1. The van der Waals surface area contributed by atoms with Crippen LogP contribution in [0, 0.1) is 5.92 Å². The second-order valence-electron chi connectivity index (χ2n) is 6.12. The monoisotopic (exact) mass is 295 g/mol. The summed E-state index contributed by atoms with van der Waals surface area (Å²) in [6.45, 7) is 4.67. The Labute approximate surface area is 128 Å². The van der Waals surface area contributed by atoms with E-state index in [1.54, 1.807) is 18.2 Å². The van der Waals surface area contributed by atoms with E-state index in [9.17, 15) is 0 Å². The number of fused-ring (bicyclic) bond motifs is 3. The molecule has 2 nitrogen and oxygen atoms in total. The molecule has 0 bridgehead atoms. The molecule has 2 atom stereocenters. The molecule has 1 aliphatic carbocycles. The largest absolute Gasteiger partial charge is 0.497 e. The molecule has 1 fully saturated rings. The topological polar surface area (TPSA) is 21.3 Å². The highest BCUT2D eigenvalue weighted by Crippen LogP contribution is 2.49. The van der Waals surface area contributed by atoms with Crippen LogP contribution in [0.5, 0.6) is 5.75 Å². The summed E-state index contributed by atoms with van der Waals surface area (Å²) in [5.74, 6) is 1.83. The van der Waals surface area contributed by atoms with Crippen LogP contribution in [0.1, 0.15) is 43.7 Å². The van der Waals surface area contributed by atoms with Crippen molar-refractivity contribution < 1.29 is 4.74 Å². The van der Waals surface area contributed by atoms with Gasteiger partial charge in [0.2, 0.25) is 0 Å². The lowest BCUT2D eigenvalue weighted by Crippen LogP contribution is -2.50. The molecule has 1 aromatic rings. The van der Waals surface area contributed by atoms with E-state index >= 15 is 0 Å². The van der Waals surface area contributed by atoms with Crippen molar-refractivity contribution in [3.63, 3.8) is 0 Å². The van der Waals surface area contributed by atoms with Crippen LogP contribution in [0.2, 0.25) is 0 Å². The predicted molar refractivity (Wildman–Crippen MR) is 86.1 cm³/mol. The summed E-state index contributed by atoms with van der Waals surface area (Å²) in [6, 6.07) is 6.74. The third-order valence-corrected chi connectivity index (χ3v) is 5.23. The summed E-state index contributed by atoms with van der Waals surface area (Å²) in [5.41, 5.74) is 3.56. The maximum absolute atomic E-state index is 5.47. The summed E-state index contributed by atoms with van der Waals surface area (Å²) < 4.78 is 5.47. The van der Waals surface area contributed by atoms with Crippen molar-refractivity contribution in [3.8, 4) is 5.75 Å². The molecule has 1 N–H and O–H groups in total. The Balaban J connectivity index is 0.00000147. The highest BCUT2D eigenvalue weighted by molar-refractivity contribution is 5.85. The molecule has 3 heteroatoms. The van der Waals surface area contributed by atoms with Gasteiger partial charge < -0.3 is 10.1 Å². The molecule has 0 saturated carbocycles. The minimum Gasteiger partial charge on any atom is -0.497 e. The smallest absolute Gasteiger partial charge is 0.119 e. The lowest BCUT2D eigenvalue weighted by molar-refractivity contribution is 0.160. The quantitative estimate of drug-likeness (QED) is 0.918. The van der Waals surface area contributed by atoms with Gasteiger partial charge in [-0.2, -0.15) is 0 Å². The minimum atomic E-state index is 0. The first-order chi connectivity index (χ1) is 9.30. The molecule has 1 heterocycles. The van der Waals surface area contributed by atoms with E-state index in [2.05, 4.69) is 30.4 Å². The summed E-state index contributed by atoms with van der Waals surface area (Å²) in [5, 5.41) is 3.60. The molecule has 1 aliphatic heterocycles. The Hall–Kier alpha value is -0.730. The van der Waals surface area contributed by atoms with Gasteiger partial charge in [-0.15, -0.1) is 12.4 Å². The minimum absolute atomic E-state index is 0. The van der Waals surface area contributed by atoms with Gasteiger partial charge in [0, 0.05) is 5.41 Å². The number of methoxy groups -OCH3 is 1. The summed E-state index contributed by atoms with van der Waals surface area (Å²) in [4.78, 5) is 0. The zero-order valence-electron chi connectivity index (χ0n) is 12.6. The molecular formula is C17H26ClNO. The van der Waals surface area contributed by atoms with Crippen molar-refractivity contribution in [1.82, 2.24) is 5.32 Å². The molecule has 1 aromatic carbocycles. The van der Waals surface area contributed by atoms with Crippen molar-refractivity contribution in [2.45, 2.75) is 44.4 Å². The van der Waals surface area contributed by atoms with E-state index in [4.69, 9.17) is 4.74 Å². The van der Waals surface area contributed by atoms with E-state index in [0.717, 1.165) is 18.2 Å². The average molecular weight is 296 g/mol. The van der Waals surface area contributed by atoms with Crippen molar-refractivity contribution in [3.05, 3.63) is 29.3 Å². The molecule has 2 aliphatic rings. The molecule has 3 rings (SSSR count). The third-order valence-electron chi connectivity index (χ3n) is 5.23. The summed E-state index contributed by atoms with van der Waals surface area (Å²) >= 11 is 0. The van der Waals surface area contributed by atoms with E-state index in [-0.39, 0.29) is 12.4 Å². The second kappa shape index (κ2) is 6.36. The van der Waals surface area contributed by atoms with Gasteiger partial charge in [0.05, 0.1) is 7.11 Å². The van der Waals surface area contributed by atoms with Crippen LogP contribution < -0.4 is 10.1 Å². The van der Waals surface area contributed by atoms with Crippen molar-refractivity contribution >= 4 is 12.4 Å². The number of hydrogen-bond acceptors (Lipinski definition) is 2. The van der Waals surface area contributed by atoms with Gasteiger partial charge in [0.25, 0.3) is 0 Å². The Morgan fingerprint density at radius 1 is 1.40 bits per heavy atom. The zero-order chi connectivity index (χ0) is 13.3. The number of piperidine rings is 1. The number of aryl methyl sites for hydroxylation is 1. The van der Waals surface area contributed by atoms with Gasteiger partial charge >= 0.3 is 0 Å². The fraction of sp³-hybridized carbons (Fsp3) is 0.647. The molecule has 0 amide bonds. The maximum atomic E-state index is 5.47. The highest BCUT2D eigenvalue weighted by atomic mass is 35.5. The predicted octanol–water partition coefficient (Wildman–Crippen LogP) is 3.71. The number of hydrogen-bond donors (Lipinski definition) is 1. The van der Waals surface area contributed by atoms with Gasteiger partial charge in [-0.05, 0) is 68.0 Å². The van der Waals surface area contributed by atoms with Crippen molar-refractivity contribution in [1.29, 1.82) is 0 Å². The maximum Gasteiger partial charge on any atom is 0.119 e. The fourth-order valence-electron chi connectivity index (χ4n) is 4.32. The van der Waals surface area contributed by atoms with Gasteiger partial charge in [-0.25, -0.2) is 0 Å². The first kappa shape index (κ1) is 15.7. The van der Waals surface area contributed by atoms with Gasteiger partial charge in [-0.1, -0.05) is 19.4 Å². The van der Waals surface area contributed by atoms with Crippen molar-refractivity contribution in [2.24, 2.45) is 5.92 Å². The number of rotatable bonds is 3. The van der Waals surface area contributed by atoms with Crippen LogP contribution in [-0.4, -0.2) is 20.2 Å². The SMILES string of the molecule is CCC[C@]12CCNC[C@H]1CCc1ccc(OC)cc12.Cl. The van der Waals surface area contributed by atoms with E-state index in [1.807, 2.05) is 0 Å². The Kier molecular flexibility index (Phi) is 4.98. The molecule has 0 unspecified atom stereocenters.